The van der Waals surface area contributed by atoms with E-state index in [1.54, 1.807) is 23.9 Å². The molecule has 0 aliphatic carbocycles. The van der Waals surface area contributed by atoms with Crippen LogP contribution in [0, 0.1) is 6.57 Å². The van der Waals surface area contributed by atoms with Crippen molar-refractivity contribution in [3.05, 3.63) is 40.2 Å². The van der Waals surface area contributed by atoms with Gasteiger partial charge in [-0.25, -0.2) is 11.4 Å². The van der Waals surface area contributed by atoms with Crippen molar-refractivity contribution in [3.8, 4) is 0 Å². The van der Waals surface area contributed by atoms with Crippen LogP contribution >= 0.6 is 23.4 Å². The van der Waals surface area contributed by atoms with Gasteiger partial charge in [0.05, 0.1) is 35.9 Å². The van der Waals surface area contributed by atoms with Gasteiger partial charge in [-0.1, -0.05) is 76.3 Å². The third-order valence-corrected chi connectivity index (χ3v) is 7.19. The highest BCUT2D eigenvalue weighted by atomic mass is 35.5. The molecule has 1 saturated heterocycles. The summed E-state index contributed by atoms with van der Waals surface area (Å²) in [4.78, 5) is 28.5. The van der Waals surface area contributed by atoms with Gasteiger partial charge in [0.1, 0.15) is 5.44 Å². The van der Waals surface area contributed by atoms with E-state index in [-0.39, 0.29) is 5.44 Å². The molecule has 1 aromatic rings. The second kappa shape index (κ2) is 16.8. The number of anilines is 1. The van der Waals surface area contributed by atoms with Gasteiger partial charge in [-0.3, -0.25) is 4.79 Å². The molecule has 2 rings (SSSR count). The lowest BCUT2D eigenvalue weighted by Gasteiger charge is -2.13. The molecule has 34 heavy (non-hydrogen) atoms. The molecule has 2 unspecified atom stereocenters. The third-order valence-electron chi connectivity index (χ3n) is 5.76. The molecule has 0 saturated carbocycles. The minimum atomic E-state index is -0.876. The fourth-order valence-corrected chi connectivity index (χ4v) is 4.88. The Hall–Kier alpha value is -1.75. The molecule has 1 aliphatic heterocycles. The van der Waals surface area contributed by atoms with Crippen molar-refractivity contribution < 1.29 is 19.1 Å². The maximum atomic E-state index is 12.6. The normalized spacial score (nSPS) is 16.1. The zero-order valence-electron chi connectivity index (χ0n) is 20.2. The van der Waals surface area contributed by atoms with E-state index in [9.17, 15) is 9.59 Å². The molecule has 1 heterocycles. The summed E-state index contributed by atoms with van der Waals surface area (Å²) < 4.78 is 10.9. The second-order valence-corrected chi connectivity index (χ2v) is 10.2. The standard InChI is InChI=1S/C26H37ClN2O4S/c1-3-4-5-6-7-8-9-10-11-12-15-33-26(31)20-13-14-21(27)22(18-20)29-25(30)23(28-2)19-24-32-16-17-34-24/h13-14,18,23-24H,3-12,15-17,19H2,1H3,(H,29,30). The number of thioether (sulfide) groups is 1. The Bertz CT molecular complexity index is 808. The van der Waals surface area contributed by atoms with Gasteiger partial charge in [0.2, 0.25) is 0 Å². The summed E-state index contributed by atoms with van der Waals surface area (Å²) >= 11 is 7.82. The number of halogens is 1. The number of carbonyl (C=O) groups excluding carboxylic acids is 2. The molecule has 8 heteroatoms. The molecule has 6 nitrogen and oxygen atoms in total. The molecule has 0 radical (unpaired) electrons. The summed E-state index contributed by atoms with van der Waals surface area (Å²) in [5.74, 6) is -0.0315. The predicted octanol–water partition coefficient (Wildman–Crippen LogP) is 7.12. The lowest BCUT2D eigenvalue weighted by atomic mass is 10.1. The Labute approximate surface area is 213 Å². The van der Waals surface area contributed by atoms with Crippen LogP contribution < -0.4 is 5.32 Å². The molecule has 0 spiro atoms. The van der Waals surface area contributed by atoms with Gasteiger partial charge >= 0.3 is 17.9 Å². The van der Waals surface area contributed by atoms with E-state index in [1.807, 2.05) is 0 Å². The average molecular weight is 509 g/mol. The number of nitrogens with one attached hydrogen (secondary N) is 1. The minimum absolute atomic E-state index is 0.146. The first-order chi connectivity index (χ1) is 16.5. The molecular weight excluding hydrogens is 472 g/mol. The number of rotatable bonds is 16. The molecule has 1 aromatic carbocycles. The molecule has 188 valence electrons. The van der Waals surface area contributed by atoms with E-state index in [1.165, 1.54) is 51.0 Å². The summed E-state index contributed by atoms with van der Waals surface area (Å²) in [5, 5.41) is 2.99. The number of ether oxygens (including phenoxy) is 2. The van der Waals surface area contributed by atoms with Crippen LogP contribution in [-0.4, -0.2) is 42.3 Å². The van der Waals surface area contributed by atoms with Crippen molar-refractivity contribution in [2.24, 2.45) is 0 Å². The van der Waals surface area contributed by atoms with Gasteiger partial charge in [-0.05, 0) is 24.6 Å². The van der Waals surface area contributed by atoms with Gasteiger partial charge < -0.3 is 19.6 Å². The number of esters is 1. The fraction of sp³-hybridized carbons (Fsp3) is 0.654. The van der Waals surface area contributed by atoms with E-state index in [2.05, 4.69) is 17.1 Å². The van der Waals surface area contributed by atoms with Crippen LogP contribution in [-0.2, 0) is 14.3 Å². The first kappa shape index (κ1) is 28.5. The Morgan fingerprint density at radius 1 is 1.18 bits per heavy atom. The van der Waals surface area contributed by atoms with Crippen LogP contribution in [0.15, 0.2) is 18.2 Å². The van der Waals surface area contributed by atoms with E-state index < -0.39 is 17.9 Å². The molecule has 1 fully saturated rings. The van der Waals surface area contributed by atoms with Crippen LogP contribution in [0.3, 0.4) is 0 Å². The van der Waals surface area contributed by atoms with Crippen molar-refractivity contribution >= 4 is 40.9 Å². The molecule has 1 N–H and O–H groups in total. The highest BCUT2D eigenvalue weighted by Crippen LogP contribution is 2.27. The first-order valence-electron chi connectivity index (χ1n) is 12.4. The van der Waals surface area contributed by atoms with E-state index in [0.717, 1.165) is 25.0 Å². The van der Waals surface area contributed by atoms with Crippen LogP contribution in [0.1, 0.15) is 87.9 Å². The molecule has 1 aliphatic rings. The Morgan fingerprint density at radius 3 is 2.47 bits per heavy atom. The number of benzene rings is 1. The SMILES string of the molecule is [C-]#[N+]C(CC1OCCS1)C(=O)Nc1cc(C(=O)OCCCCCCCCCCCC)ccc1Cl. The Kier molecular flexibility index (Phi) is 14.1. The lowest BCUT2D eigenvalue weighted by molar-refractivity contribution is -0.117. The average Bonchev–Trinajstić information content (AvgIpc) is 3.35. The van der Waals surface area contributed by atoms with Gasteiger partial charge in [-0.2, -0.15) is 0 Å². The summed E-state index contributed by atoms with van der Waals surface area (Å²) in [5.41, 5.74) is 0.474. The summed E-state index contributed by atoms with van der Waals surface area (Å²) in [7, 11) is 0. The first-order valence-corrected chi connectivity index (χ1v) is 13.8. The Morgan fingerprint density at radius 2 is 1.85 bits per heavy atom. The van der Waals surface area contributed by atoms with Crippen molar-refractivity contribution in [1.82, 2.24) is 0 Å². The number of carbonyl (C=O) groups is 2. The van der Waals surface area contributed by atoms with Gasteiger partial charge in [0.15, 0.2) is 0 Å². The molecule has 0 bridgehead atoms. The number of unbranched alkanes of at least 4 members (excludes halogenated alkanes) is 9. The van der Waals surface area contributed by atoms with Gasteiger partial charge in [-0.15, -0.1) is 11.8 Å². The molecular formula is C26H37ClN2O4S. The van der Waals surface area contributed by atoms with E-state index in [4.69, 9.17) is 27.6 Å². The summed E-state index contributed by atoms with van der Waals surface area (Å²) in [6.07, 6.45) is 12.5. The maximum absolute atomic E-state index is 12.6. The number of amides is 1. The second-order valence-electron chi connectivity index (χ2n) is 8.55. The van der Waals surface area contributed by atoms with Crippen molar-refractivity contribution in [1.29, 1.82) is 0 Å². The van der Waals surface area contributed by atoms with Crippen LogP contribution in [0.2, 0.25) is 5.02 Å². The molecule has 2 atom stereocenters. The quantitative estimate of drug-likeness (QED) is 0.146. The molecule has 0 aromatic heterocycles. The van der Waals surface area contributed by atoms with Crippen LogP contribution in [0.25, 0.3) is 4.85 Å². The van der Waals surface area contributed by atoms with Crippen molar-refractivity contribution in [2.45, 2.75) is 89.0 Å². The zero-order valence-corrected chi connectivity index (χ0v) is 21.7. The van der Waals surface area contributed by atoms with Gasteiger partial charge in [0.25, 0.3) is 0 Å². The topological polar surface area (TPSA) is 69.0 Å². The van der Waals surface area contributed by atoms with Crippen LogP contribution in [0.5, 0.6) is 0 Å². The predicted molar refractivity (Wildman–Crippen MR) is 139 cm³/mol. The monoisotopic (exact) mass is 508 g/mol. The van der Waals surface area contributed by atoms with Crippen LogP contribution in [0.4, 0.5) is 5.69 Å². The summed E-state index contributed by atoms with van der Waals surface area (Å²) in [6, 6.07) is 3.76. The van der Waals surface area contributed by atoms with E-state index in [0.29, 0.717) is 35.9 Å². The summed E-state index contributed by atoms with van der Waals surface area (Å²) in [6.45, 7) is 10.6. The minimum Gasteiger partial charge on any atom is -0.462 e. The highest BCUT2D eigenvalue weighted by molar-refractivity contribution is 7.99. The van der Waals surface area contributed by atoms with E-state index >= 15 is 0 Å². The highest BCUT2D eigenvalue weighted by Gasteiger charge is 2.31. The zero-order chi connectivity index (χ0) is 24.6. The van der Waals surface area contributed by atoms with Crippen molar-refractivity contribution in [2.75, 3.05) is 24.3 Å². The smallest absolute Gasteiger partial charge is 0.338 e. The lowest BCUT2D eigenvalue weighted by Crippen LogP contribution is -2.28. The third kappa shape index (κ3) is 10.7. The largest absolute Gasteiger partial charge is 0.462 e. The number of nitrogens with zero attached hydrogens (tertiary/aromatic N) is 1. The Balaban J connectivity index is 1.71. The van der Waals surface area contributed by atoms with Crippen molar-refractivity contribution in [3.63, 3.8) is 0 Å². The number of hydrogen-bond donors (Lipinski definition) is 1. The fourth-order valence-electron chi connectivity index (χ4n) is 3.75. The molecule has 1 amide bonds. The maximum Gasteiger partial charge on any atom is 0.338 e. The number of hydrogen-bond acceptors (Lipinski definition) is 5. The van der Waals surface area contributed by atoms with Gasteiger partial charge in [0, 0.05) is 5.75 Å².